The van der Waals surface area contributed by atoms with E-state index in [2.05, 4.69) is 5.32 Å². The summed E-state index contributed by atoms with van der Waals surface area (Å²) in [6.45, 7) is 3.00. The molecule has 1 amide bonds. The van der Waals surface area contributed by atoms with Crippen LogP contribution in [0, 0.1) is 0 Å². The SMILES string of the molecule is CCOC(=O)[C@H](Cc1ccccc1)NC(=O)c1cc(Cl)c(OCCN(C)COC)c(Cl)c1O. The van der Waals surface area contributed by atoms with Crippen LogP contribution >= 0.6 is 23.2 Å². The lowest BCUT2D eigenvalue weighted by Crippen LogP contribution is -2.43. The summed E-state index contributed by atoms with van der Waals surface area (Å²) in [6, 6.07) is 9.45. The second kappa shape index (κ2) is 13.3. The third-order valence-electron chi connectivity index (χ3n) is 4.62. The summed E-state index contributed by atoms with van der Waals surface area (Å²) in [4.78, 5) is 27.2. The topological polar surface area (TPSA) is 97.3 Å². The molecule has 0 bridgehead atoms. The van der Waals surface area contributed by atoms with Gasteiger partial charge in [-0.25, -0.2) is 4.79 Å². The number of carbonyl (C=O) groups excluding carboxylic acids is 2. The van der Waals surface area contributed by atoms with Crippen LogP contribution in [0.15, 0.2) is 36.4 Å². The number of phenolic OH excluding ortho intramolecular Hbond substituents is 1. The van der Waals surface area contributed by atoms with E-state index in [9.17, 15) is 14.7 Å². The molecule has 0 unspecified atom stereocenters. The summed E-state index contributed by atoms with van der Waals surface area (Å²) in [6.07, 6.45) is 0.212. The standard InChI is InChI=1S/C23H28Cl2N2O6/c1-4-32-23(30)18(12-15-8-6-5-7-9-15)26-22(29)16-13-17(24)21(19(25)20(16)28)33-11-10-27(2)14-31-3/h5-9,13,18,28H,4,10-12,14H2,1-3H3,(H,26,29)/t18-/m0/s1. The summed E-state index contributed by atoms with van der Waals surface area (Å²) >= 11 is 12.5. The zero-order chi connectivity index (χ0) is 24.4. The van der Waals surface area contributed by atoms with E-state index in [-0.39, 0.29) is 41.0 Å². The minimum atomic E-state index is -0.968. The Balaban J connectivity index is 2.18. The number of nitrogens with one attached hydrogen (secondary N) is 1. The highest BCUT2D eigenvalue weighted by Crippen LogP contribution is 2.42. The number of hydrogen-bond donors (Lipinski definition) is 2. The van der Waals surface area contributed by atoms with Crippen LogP contribution in [0.25, 0.3) is 0 Å². The number of esters is 1. The van der Waals surface area contributed by atoms with Crippen molar-refractivity contribution in [2.24, 2.45) is 0 Å². The maximum Gasteiger partial charge on any atom is 0.328 e. The third kappa shape index (κ3) is 7.78. The Morgan fingerprint density at radius 2 is 1.91 bits per heavy atom. The first-order valence-electron chi connectivity index (χ1n) is 10.3. The lowest BCUT2D eigenvalue weighted by atomic mass is 10.1. The fraction of sp³-hybridized carbons (Fsp3) is 0.391. The Hall–Kier alpha value is -2.52. The van der Waals surface area contributed by atoms with Crippen LogP contribution in [0.1, 0.15) is 22.8 Å². The molecular formula is C23H28Cl2N2O6. The number of rotatable bonds is 12. The highest BCUT2D eigenvalue weighted by Gasteiger charge is 2.27. The van der Waals surface area contributed by atoms with E-state index in [4.69, 9.17) is 37.4 Å². The number of amides is 1. The van der Waals surface area contributed by atoms with E-state index in [0.717, 1.165) is 5.56 Å². The molecule has 1 atom stereocenters. The van der Waals surface area contributed by atoms with Crippen LogP contribution < -0.4 is 10.1 Å². The summed E-state index contributed by atoms with van der Waals surface area (Å²) in [5.41, 5.74) is 0.648. The molecule has 0 aromatic heterocycles. The van der Waals surface area contributed by atoms with Gasteiger partial charge in [0, 0.05) is 20.1 Å². The Kier molecular flexibility index (Phi) is 10.7. The number of phenols is 1. The van der Waals surface area contributed by atoms with E-state index in [1.165, 1.54) is 6.07 Å². The minimum Gasteiger partial charge on any atom is -0.505 e. The van der Waals surface area contributed by atoms with Crippen molar-refractivity contribution in [1.82, 2.24) is 10.2 Å². The van der Waals surface area contributed by atoms with Gasteiger partial charge >= 0.3 is 5.97 Å². The van der Waals surface area contributed by atoms with Crippen LogP contribution in [0.5, 0.6) is 11.5 Å². The first-order chi connectivity index (χ1) is 15.8. The second-order valence-electron chi connectivity index (χ2n) is 7.21. The Morgan fingerprint density at radius 1 is 1.21 bits per heavy atom. The van der Waals surface area contributed by atoms with E-state index in [1.807, 2.05) is 42.3 Å². The third-order valence-corrected chi connectivity index (χ3v) is 5.25. The molecule has 0 aliphatic carbocycles. The molecule has 0 fully saturated rings. The molecule has 10 heteroatoms. The molecule has 0 radical (unpaired) electrons. The molecule has 33 heavy (non-hydrogen) atoms. The molecule has 0 saturated carbocycles. The Bertz CT molecular complexity index is 942. The average Bonchev–Trinajstić information content (AvgIpc) is 2.79. The molecule has 0 aliphatic rings. The van der Waals surface area contributed by atoms with Gasteiger partial charge in [-0.15, -0.1) is 0 Å². The second-order valence-corrected chi connectivity index (χ2v) is 8.00. The number of aromatic hydroxyl groups is 1. The van der Waals surface area contributed by atoms with E-state index >= 15 is 0 Å². The van der Waals surface area contributed by atoms with Crippen LogP contribution in [-0.4, -0.2) is 68.6 Å². The molecule has 2 N–H and O–H groups in total. The summed E-state index contributed by atoms with van der Waals surface area (Å²) in [7, 11) is 3.43. The van der Waals surface area contributed by atoms with Crippen molar-refractivity contribution in [3.05, 3.63) is 57.6 Å². The molecule has 8 nitrogen and oxygen atoms in total. The lowest BCUT2D eigenvalue weighted by molar-refractivity contribution is -0.145. The monoisotopic (exact) mass is 498 g/mol. The predicted octanol–water partition coefficient (Wildman–Crippen LogP) is 3.52. The van der Waals surface area contributed by atoms with Gasteiger partial charge in [0.15, 0.2) is 11.5 Å². The molecule has 2 aromatic carbocycles. The van der Waals surface area contributed by atoms with Gasteiger partial charge in [0.25, 0.3) is 5.91 Å². The molecule has 0 spiro atoms. The van der Waals surface area contributed by atoms with Crippen LogP contribution in [0.2, 0.25) is 10.0 Å². The van der Waals surface area contributed by atoms with Crippen molar-refractivity contribution in [2.45, 2.75) is 19.4 Å². The number of halogens is 2. The molecule has 0 heterocycles. The largest absolute Gasteiger partial charge is 0.505 e. The Morgan fingerprint density at radius 3 is 2.55 bits per heavy atom. The molecule has 0 saturated heterocycles. The number of likely N-dealkylation sites (N-methyl/N-ethyl adjacent to an activating group) is 1. The lowest BCUT2D eigenvalue weighted by Gasteiger charge is -2.19. The quantitative estimate of drug-likeness (QED) is 0.341. The van der Waals surface area contributed by atoms with Crippen molar-refractivity contribution < 1.29 is 28.9 Å². The van der Waals surface area contributed by atoms with Crippen LogP contribution in [0.3, 0.4) is 0 Å². The number of methoxy groups -OCH3 is 1. The van der Waals surface area contributed by atoms with E-state index < -0.39 is 23.7 Å². The highest BCUT2D eigenvalue weighted by molar-refractivity contribution is 6.39. The van der Waals surface area contributed by atoms with Gasteiger partial charge in [0.2, 0.25) is 0 Å². The maximum absolute atomic E-state index is 12.9. The van der Waals surface area contributed by atoms with Crippen molar-refractivity contribution in [2.75, 3.05) is 40.6 Å². The zero-order valence-corrected chi connectivity index (χ0v) is 20.3. The zero-order valence-electron chi connectivity index (χ0n) is 18.8. The predicted molar refractivity (Wildman–Crippen MR) is 126 cm³/mol. The van der Waals surface area contributed by atoms with Crippen LogP contribution in [-0.2, 0) is 20.7 Å². The molecule has 0 aliphatic heterocycles. The van der Waals surface area contributed by atoms with Crippen molar-refractivity contribution in [3.8, 4) is 11.5 Å². The molecule has 180 valence electrons. The fourth-order valence-corrected chi connectivity index (χ4v) is 3.57. The summed E-state index contributed by atoms with van der Waals surface area (Å²) in [5, 5.41) is 13.0. The van der Waals surface area contributed by atoms with Gasteiger partial charge in [-0.1, -0.05) is 53.5 Å². The normalized spacial score (nSPS) is 11.8. The fourth-order valence-electron chi connectivity index (χ4n) is 3.01. The van der Waals surface area contributed by atoms with Gasteiger partial charge in [-0.05, 0) is 25.6 Å². The number of nitrogens with zero attached hydrogens (tertiary/aromatic N) is 1. The number of hydrogen-bond acceptors (Lipinski definition) is 7. The van der Waals surface area contributed by atoms with Crippen molar-refractivity contribution in [1.29, 1.82) is 0 Å². The summed E-state index contributed by atoms with van der Waals surface area (Å²) in [5.74, 6) is -1.76. The van der Waals surface area contributed by atoms with E-state index in [1.54, 1.807) is 14.0 Å². The van der Waals surface area contributed by atoms with Gasteiger partial charge in [-0.2, -0.15) is 0 Å². The summed E-state index contributed by atoms with van der Waals surface area (Å²) < 4.78 is 15.7. The first-order valence-corrected chi connectivity index (χ1v) is 11.1. The number of carbonyl (C=O) groups is 2. The molecule has 2 rings (SSSR count). The average molecular weight is 499 g/mol. The highest BCUT2D eigenvalue weighted by atomic mass is 35.5. The van der Waals surface area contributed by atoms with Gasteiger partial charge in [-0.3, -0.25) is 9.69 Å². The van der Waals surface area contributed by atoms with E-state index in [0.29, 0.717) is 13.3 Å². The number of benzene rings is 2. The Labute approximate surface area is 203 Å². The maximum atomic E-state index is 12.9. The van der Waals surface area contributed by atoms with Gasteiger partial charge in [0.1, 0.15) is 17.7 Å². The first kappa shape index (κ1) is 26.7. The number of ether oxygens (including phenoxy) is 3. The van der Waals surface area contributed by atoms with Crippen molar-refractivity contribution >= 4 is 35.1 Å². The minimum absolute atomic E-state index is 0.0492. The molecule has 2 aromatic rings. The van der Waals surface area contributed by atoms with Gasteiger partial charge < -0.3 is 24.6 Å². The van der Waals surface area contributed by atoms with Crippen molar-refractivity contribution in [3.63, 3.8) is 0 Å². The molecular weight excluding hydrogens is 471 g/mol. The van der Waals surface area contributed by atoms with Crippen LogP contribution in [0.4, 0.5) is 0 Å². The van der Waals surface area contributed by atoms with Gasteiger partial charge in [0.05, 0.1) is 23.9 Å². The smallest absolute Gasteiger partial charge is 0.328 e.